The van der Waals surface area contributed by atoms with Gasteiger partial charge in [0.2, 0.25) is 0 Å². The summed E-state index contributed by atoms with van der Waals surface area (Å²) >= 11 is 6.05. The second kappa shape index (κ2) is 7.85. The van der Waals surface area contributed by atoms with Crippen molar-refractivity contribution in [2.75, 3.05) is 0 Å². The van der Waals surface area contributed by atoms with Gasteiger partial charge < -0.3 is 4.74 Å². The molecule has 0 saturated heterocycles. The molecule has 0 bridgehead atoms. The van der Waals surface area contributed by atoms with Crippen LogP contribution < -0.4 is 4.74 Å². The maximum absolute atomic E-state index is 12.0. The van der Waals surface area contributed by atoms with Crippen molar-refractivity contribution in [3.8, 4) is 5.75 Å². The maximum atomic E-state index is 12.0. The number of aryl methyl sites for hydroxylation is 3. The number of esters is 1. The van der Waals surface area contributed by atoms with Crippen molar-refractivity contribution in [1.82, 2.24) is 0 Å². The van der Waals surface area contributed by atoms with Crippen LogP contribution in [0.2, 0.25) is 5.02 Å². The maximum Gasteiger partial charge on any atom is 0.315 e. The van der Waals surface area contributed by atoms with Crippen molar-refractivity contribution in [3.05, 3.63) is 63.7 Å². The SMILES string of the molecule is Cc1cc(C)c(OC(=O)Cc2ccccc2Cl)c(C)c1.[Sn]. The van der Waals surface area contributed by atoms with Gasteiger partial charge >= 0.3 is 5.97 Å². The van der Waals surface area contributed by atoms with Crippen LogP contribution in [0.1, 0.15) is 22.3 Å². The smallest absolute Gasteiger partial charge is 0.315 e. The zero-order valence-corrected chi connectivity index (χ0v) is 16.0. The molecule has 108 valence electrons. The van der Waals surface area contributed by atoms with Crippen molar-refractivity contribution in [2.45, 2.75) is 27.2 Å². The molecule has 0 saturated carbocycles. The Kier molecular flexibility index (Phi) is 6.75. The normalized spacial score (nSPS) is 9.90. The Balaban J connectivity index is 0.00000220. The van der Waals surface area contributed by atoms with Crippen molar-refractivity contribution in [2.24, 2.45) is 0 Å². The monoisotopic (exact) mass is 408 g/mol. The van der Waals surface area contributed by atoms with E-state index in [0.717, 1.165) is 22.3 Å². The zero-order valence-electron chi connectivity index (χ0n) is 12.4. The van der Waals surface area contributed by atoms with Crippen molar-refractivity contribution < 1.29 is 9.53 Å². The number of rotatable bonds is 3. The first kappa shape index (κ1) is 18.0. The Labute approximate surface area is 147 Å². The number of benzene rings is 2. The Bertz CT molecular complexity index is 630. The predicted octanol–water partition coefficient (Wildman–Crippen LogP) is 4.03. The molecule has 0 N–H and O–H groups in total. The molecule has 21 heavy (non-hydrogen) atoms. The molecule has 0 aliphatic carbocycles. The van der Waals surface area contributed by atoms with Crippen LogP contribution in [0.25, 0.3) is 0 Å². The third kappa shape index (κ3) is 4.75. The van der Waals surface area contributed by atoms with Crippen molar-refractivity contribution in [1.29, 1.82) is 0 Å². The predicted molar refractivity (Wildman–Crippen MR) is 87.2 cm³/mol. The fraction of sp³-hybridized carbons (Fsp3) is 0.235. The van der Waals surface area contributed by atoms with E-state index in [2.05, 4.69) is 0 Å². The van der Waals surface area contributed by atoms with Gasteiger partial charge in [-0.15, -0.1) is 0 Å². The molecule has 4 heteroatoms. The number of carbonyl (C=O) groups is 1. The average molecular weight is 407 g/mol. The second-order valence-electron chi connectivity index (χ2n) is 4.97. The number of carbonyl (C=O) groups excluding carboxylic acids is 1. The molecule has 0 spiro atoms. The van der Waals surface area contributed by atoms with E-state index in [9.17, 15) is 4.79 Å². The minimum atomic E-state index is -0.298. The van der Waals surface area contributed by atoms with Gasteiger partial charge in [-0.25, -0.2) is 0 Å². The Morgan fingerprint density at radius 1 is 1.10 bits per heavy atom. The van der Waals surface area contributed by atoms with E-state index in [4.69, 9.17) is 16.3 Å². The van der Waals surface area contributed by atoms with Gasteiger partial charge in [0.25, 0.3) is 0 Å². The van der Waals surface area contributed by atoms with Gasteiger partial charge in [0, 0.05) is 28.9 Å². The number of halogens is 1. The van der Waals surface area contributed by atoms with Gasteiger partial charge in [0.15, 0.2) is 0 Å². The standard InChI is InChI=1S/C17H17ClO2.Sn/c1-11-8-12(2)17(13(3)9-11)20-16(19)10-14-6-4-5-7-15(14)18;/h4-9H,10H2,1-3H3;. The Morgan fingerprint density at radius 2 is 1.67 bits per heavy atom. The molecule has 2 rings (SSSR count). The van der Waals surface area contributed by atoms with Gasteiger partial charge in [-0.2, -0.15) is 0 Å². The van der Waals surface area contributed by atoms with E-state index >= 15 is 0 Å². The quantitative estimate of drug-likeness (QED) is 0.436. The summed E-state index contributed by atoms with van der Waals surface area (Å²) in [4.78, 5) is 12.0. The average Bonchev–Trinajstić information content (AvgIpc) is 2.36. The third-order valence-electron chi connectivity index (χ3n) is 3.11. The number of ether oxygens (including phenoxy) is 1. The van der Waals surface area contributed by atoms with Crippen LogP contribution in [0.15, 0.2) is 36.4 Å². The molecular formula is C17H17ClO2Sn. The first-order valence-corrected chi connectivity index (χ1v) is 6.87. The van der Waals surface area contributed by atoms with E-state index in [1.165, 1.54) is 0 Å². The van der Waals surface area contributed by atoms with Gasteiger partial charge in [-0.3, -0.25) is 4.79 Å². The summed E-state index contributed by atoms with van der Waals surface area (Å²) < 4.78 is 5.49. The fourth-order valence-corrected chi connectivity index (χ4v) is 2.48. The summed E-state index contributed by atoms with van der Waals surface area (Å²) in [5.74, 6) is 0.348. The summed E-state index contributed by atoms with van der Waals surface area (Å²) in [5, 5.41) is 0.585. The minimum Gasteiger partial charge on any atom is -0.426 e. The molecule has 0 aliphatic heterocycles. The number of hydrogen-bond donors (Lipinski definition) is 0. The Hall–Kier alpha value is -1.00. The van der Waals surface area contributed by atoms with Crippen LogP contribution >= 0.6 is 11.6 Å². The van der Waals surface area contributed by atoms with Crippen molar-refractivity contribution >= 4 is 41.5 Å². The van der Waals surface area contributed by atoms with Crippen molar-refractivity contribution in [3.63, 3.8) is 0 Å². The van der Waals surface area contributed by atoms with Gasteiger partial charge in [0.05, 0.1) is 6.42 Å². The summed E-state index contributed by atoms with van der Waals surface area (Å²) in [6.07, 6.45) is 0.173. The van der Waals surface area contributed by atoms with Crippen LogP contribution in [-0.2, 0) is 11.2 Å². The molecule has 0 unspecified atom stereocenters. The van der Waals surface area contributed by atoms with Crippen LogP contribution in [0, 0.1) is 20.8 Å². The third-order valence-corrected chi connectivity index (χ3v) is 3.48. The minimum absolute atomic E-state index is 0. The van der Waals surface area contributed by atoms with Gasteiger partial charge in [-0.05, 0) is 43.5 Å². The van der Waals surface area contributed by atoms with E-state index in [1.54, 1.807) is 6.07 Å². The van der Waals surface area contributed by atoms with E-state index in [0.29, 0.717) is 10.8 Å². The molecule has 0 heterocycles. The molecular weight excluding hydrogens is 390 g/mol. The molecule has 2 aromatic rings. The summed E-state index contributed by atoms with van der Waals surface area (Å²) in [6, 6.07) is 11.3. The van der Waals surface area contributed by atoms with Gasteiger partial charge in [-0.1, -0.05) is 47.5 Å². The molecule has 0 aromatic heterocycles. The number of hydrogen-bond acceptors (Lipinski definition) is 2. The largest absolute Gasteiger partial charge is 0.426 e. The molecule has 0 fully saturated rings. The Morgan fingerprint density at radius 3 is 2.24 bits per heavy atom. The van der Waals surface area contributed by atoms with Crippen LogP contribution in [0.4, 0.5) is 0 Å². The molecule has 0 aliphatic rings. The molecule has 2 aromatic carbocycles. The summed E-state index contributed by atoms with van der Waals surface area (Å²) in [6.45, 7) is 5.91. The summed E-state index contributed by atoms with van der Waals surface area (Å²) in [5.41, 5.74) is 3.87. The van der Waals surface area contributed by atoms with E-state index < -0.39 is 0 Å². The van der Waals surface area contributed by atoms with Crippen LogP contribution in [0.3, 0.4) is 0 Å². The molecule has 2 nitrogen and oxygen atoms in total. The van der Waals surface area contributed by atoms with E-state index in [-0.39, 0.29) is 36.3 Å². The first-order chi connectivity index (χ1) is 9.47. The zero-order chi connectivity index (χ0) is 14.7. The molecule has 4 radical (unpaired) electrons. The first-order valence-electron chi connectivity index (χ1n) is 6.49. The second-order valence-corrected chi connectivity index (χ2v) is 5.38. The molecule has 0 atom stereocenters. The van der Waals surface area contributed by atoms with Gasteiger partial charge in [0.1, 0.15) is 5.75 Å². The summed E-state index contributed by atoms with van der Waals surface area (Å²) in [7, 11) is 0. The topological polar surface area (TPSA) is 26.3 Å². The van der Waals surface area contributed by atoms with E-state index in [1.807, 2.05) is 51.1 Å². The molecule has 0 amide bonds. The fourth-order valence-electron chi connectivity index (χ4n) is 2.27. The van der Waals surface area contributed by atoms with Crippen LogP contribution in [0.5, 0.6) is 5.75 Å². The van der Waals surface area contributed by atoms with Crippen LogP contribution in [-0.4, -0.2) is 29.9 Å².